The van der Waals surface area contributed by atoms with Crippen molar-refractivity contribution in [3.05, 3.63) is 64.9 Å². The van der Waals surface area contributed by atoms with Gasteiger partial charge in [0.25, 0.3) is 0 Å². The third-order valence-corrected chi connectivity index (χ3v) is 5.87. The summed E-state index contributed by atoms with van der Waals surface area (Å²) < 4.78 is 16.2. The summed E-state index contributed by atoms with van der Waals surface area (Å²) in [4.78, 5) is 12.2. The topological polar surface area (TPSA) is 59.8 Å². The van der Waals surface area contributed by atoms with Crippen molar-refractivity contribution in [1.82, 2.24) is 20.1 Å². The van der Waals surface area contributed by atoms with Gasteiger partial charge < -0.3 is 5.32 Å². The van der Waals surface area contributed by atoms with Crippen molar-refractivity contribution in [2.45, 2.75) is 30.5 Å². The molecule has 5 nitrogen and oxygen atoms in total. The lowest BCUT2D eigenvalue weighted by Crippen LogP contribution is -2.27. The highest BCUT2D eigenvalue weighted by Crippen LogP contribution is 2.41. The first-order valence-electron chi connectivity index (χ1n) is 9.45. The van der Waals surface area contributed by atoms with E-state index in [0.717, 1.165) is 24.8 Å². The number of rotatable bonds is 8. The Morgan fingerprint density at radius 2 is 1.93 bits per heavy atom. The van der Waals surface area contributed by atoms with Gasteiger partial charge in [0.1, 0.15) is 5.82 Å². The Bertz CT molecular complexity index is 1000. The first-order chi connectivity index (χ1) is 14.1. The Balaban J connectivity index is 1.35. The Kier molecular flexibility index (Phi) is 6.16. The van der Waals surface area contributed by atoms with E-state index < -0.39 is 0 Å². The maximum Gasteiger partial charge on any atom is 0.230 e. The number of hydrogen-bond donors (Lipinski definition) is 1. The molecule has 2 aromatic carbocycles. The first-order valence-corrected chi connectivity index (χ1v) is 10.8. The van der Waals surface area contributed by atoms with E-state index in [1.807, 2.05) is 28.8 Å². The van der Waals surface area contributed by atoms with Crippen LogP contribution in [-0.2, 0) is 11.2 Å². The van der Waals surface area contributed by atoms with E-state index in [1.165, 1.54) is 17.8 Å². The molecule has 8 heteroatoms. The largest absolute Gasteiger partial charge is 0.355 e. The van der Waals surface area contributed by atoms with Gasteiger partial charge in [-0.2, -0.15) is 0 Å². The minimum Gasteiger partial charge on any atom is -0.355 e. The van der Waals surface area contributed by atoms with E-state index in [-0.39, 0.29) is 23.5 Å². The predicted octanol–water partition coefficient (Wildman–Crippen LogP) is 4.52. The van der Waals surface area contributed by atoms with Gasteiger partial charge in [0.2, 0.25) is 5.91 Å². The Labute approximate surface area is 177 Å². The molecule has 1 saturated carbocycles. The van der Waals surface area contributed by atoms with Crippen molar-refractivity contribution >= 4 is 29.3 Å². The summed E-state index contributed by atoms with van der Waals surface area (Å²) in [5.41, 5.74) is 1.55. The van der Waals surface area contributed by atoms with E-state index in [2.05, 4.69) is 15.5 Å². The zero-order valence-electron chi connectivity index (χ0n) is 15.6. The monoisotopic (exact) mass is 430 g/mol. The highest BCUT2D eigenvalue weighted by molar-refractivity contribution is 7.99. The molecule has 1 heterocycles. The lowest BCUT2D eigenvalue weighted by atomic mass is 10.1. The molecule has 0 saturated heterocycles. The zero-order valence-corrected chi connectivity index (χ0v) is 17.2. The average molecular weight is 431 g/mol. The SMILES string of the molecule is O=C(CSc1nnc(-c2ccccc2F)n1C1CC1)NCCc1ccc(Cl)cc1. The first kappa shape index (κ1) is 19.9. The molecule has 1 aromatic heterocycles. The number of carbonyl (C=O) groups excluding carboxylic acids is 1. The normalized spacial score (nSPS) is 13.4. The molecule has 150 valence electrons. The van der Waals surface area contributed by atoms with Crippen LogP contribution >= 0.6 is 23.4 Å². The second-order valence-corrected chi connectivity index (χ2v) is 8.28. The summed E-state index contributed by atoms with van der Waals surface area (Å²) in [6.07, 6.45) is 2.77. The molecule has 1 aliphatic rings. The highest BCUT2D eigenvalue weighted by atomic mass is 35.5. The van der Waals surface area contributed by atoms with Gasteiger partial charge >= 0.3 is 0 Å². The van der Waals surface area contributed by atoms with Crippen molar-refractivity contribution in [2.75, 3.05) is 12.3 Å². The molecular weight excluding hydrogens is 411 g/mol. The summed E-state index contributed by atoms with van der Waals surface area (Å²) in [7, 11) is 0. The molecule has 0 atom stereocenters. The fourth-order valence-corrected chi connectivity index (χ4v) is 4.00. The van der Waals surface area contributed by atoms with Crippen LogP contribution in [-0.4, -0.2) is 33.0 Å². The average Bonchev–Trinajstić information content (AvgIpc) is 3.48. The van der Waals surface area contributed by atoms with E-state index in [4.69, 9.17) is 11.6 Å². The molecule has 0 radical (unpaired) electrons. The van der Waals surface area contributed by atoms with Gasteiger partial charge in [-0.1, -0.05) is 47.6 Å². The summed E-state index contributed by atoms with van der Waals surface area (Å²) in [6.45, 7) is 0.552. The van der Waals surface area contributed by atoms with Crippen LogP contribution < -0.4 is 5.32 Å². The minimum absolute atomic E-state index is 0.0678. The van der Waals surface area contributed by atoms with Crippen molar-refractivity contribution in [3.8, 4) is 11.4 Å². The van der Waals surface area contributed by atoms with Crippen LogP contribution in [0.2, 0.25) is 5.02 Å². The Morgan fingerprint density at radius 3 is 2.66 bits per heavy atom. The Hall–Kier alpha value is -2.38. The number of benzene rings is 2. The minimum atomic E-state index is -0.321. The number of amides is 1. The quantitative estimate of drug-likeness (QED) is 0.533. The maximum atomic E-state index is 14.2. The number of hydrogen-bond acceptors (Lipinski definition) is 4. The van der Waals surface area contributed by atoms with Crippen molar-refractivity contribution in [1.29, 1.82) is 0 Å². The number of carbonyl (C=O) groups is 1. The summed E-state index contributed by atoms with van der Waals surface area (Å²) in [5, 5.41) is 12.7. The summed E-state index contributed by atoms with van der Waals surface area (Å²) in [5.74, 6) is 0.374. The lowest BCUT2D eigenvalue weighted by molar-refractivity contribution is -0.118. The van der Waals surface area contributed by atoms with Crippen molar-refractivity contribution < 1.29 is 9.18 Å². The van der Waals surface area contributed by atoms with Gasteiger partial charge in [0.05, 0.1) is 11.3 Å². The van der Waals surface area contributed by atoms with Crippen LogP contribution in [0.3, 0.4) is 0 Å². The number of halogens is 2. The van der Waals surface area contributed by atoms with Gasteiger partial charge in [-0.3, -0.25) is 9.36 Å². The van der Waals surface area contributed by atoms with E-state index >= 15 is 0 Å². The second kappa shape index (κ2) is 8.97. The number of aromatic nitrogens is 3. The number of nitrogens with one attached hydrogen (secondary N) is 1. The summed E-state index contributed by atoms with van der Waals surface area (Å²) in [6, 6.07) is 14.4. The predicted molar refractivity (Wildman–Crippen MR) is 113 cm³/mol. The van der Waals surface area contributed by atoms with Crippen LogP contribution in [0, 0.1) is 5.82 Å². The standard InChI is InChI=1S/C21H20ClFN4OS/c22-15-7-5-14(6-8-15)11-12-24-19(28)13-29-21-26-25-20(27(21)16-9-10-16)17-3-1-2-4-18(17)23/h1-8,16H,9-13H2,(H,24,28). The fourth-order valence-electron chi connectivity index (χ4n) is 3.04. The van der Waals surface area contributed by atoms with Gasteiger partial charge in [-0.25, -0.2) is 4.39 Å². The molecule has 0 spiro atoms. The molecule has 1 aliphatic carbocycles. The van der Waals surface area contributed by atoms with E-state index in [1.54, 1.807) is 18.2 Å². The fraction of sp³-hybridized carbons (Fsp3) is 0.286. The number of nitrogens with zero attached hydrogens (tertiary/aromatic N) is 3. The van der Waals surface area contributed by atoms with Gasteiger partial charge in [-0.05, 0) is 49.1 Å². The van der Waals surface area contributed by atoms with Gasteiger partial charge in [0, 0.05) is 17.6 Å². The molecule has 3 aromatic rings. The maximum absolute atomic E-state index is 14.2. The van der Waals surface area contributed by atoms with Crippen molar-refractivity contribution in [3.63, 3.8) is 0 Å². The third-order valence-electron chi connectivity index (χ3n) is 4.67. The van der Waals surface area contributed by atoms with Crippen LogP contribution in [0.1, 0.15) is 24.4 Å². The molecule has 1 fully saturated rings. The van der Waals surface area contributed by atoms with Crippen LogP contribution in [0.25, 0.3) is 11.4 Å². The zero-order chi connectivity index (χ0) is 20.2. The van der Waals surface area contributed by atoms with Gasteiger partial charge in [-0.15, -0.1) is 10.2 Å². The third kappa shape index (κ3) is 4.97. The Morgan fingerprint density at radius 1 is 1.17 bits per heavy atom. The van der Waals surface area contributed by atoms with Gasteiger partial charge in [0.15, 0.2) is 11.0 Å². The second-order valence-electron chi connectivity index (χ2n) is 6.90. The van der Waals surface area contributed by atoms with Crippen molar-refractivity contribution in [2.24, 2.45) is 0 Å². The lowest BCUT2D eigenvalue weighted by Gasteiger charge is -2.09. The van der Waals surface area contributed by atoms with E-state index in [9.17, 15) is 9.18 Å². The molecule has 1 N–H and O–H groups in total. The molecule has 4 rings (SSSR count). The molecular formula is C21H20ClFN4OS. The molecule has 29 heavy (non-hydrogen) atoms. The highest BCUT2D eigenvalue weighted by Gasteiger charge is 2.31. The van der Waals surface area contributed by atoms with Crippen LogP contribution in [0.4, 0.5) is 4.39 Å². The van der Waals surface area contributed by atoms with E-state index in [0.29, 0.717) is 28.1 Å². The molecule has 0 aliphatic heterocycles. The molecule has 0 bridgehead atoms. The number of thioether (sulfide) groups is 1. The van der Waals surface area contributed by atoms with Crippen LogP contribution in [0.5, 0.6) is 0 Å². The summed E-state index contributed by atoms with van der Waals surface area (Å²) >= 11 is 7.21. The molecule has 1 amide bonds. The van der Waals surface area contributed by atoms with Crippen LogP contribution in [0.15, 0.2) is 53.7 Å². The smallest absolute Gasteiger partial charge is 0.230 e. The molecule has 0 unspecified atom stereocenters.